The van der Waals surface area contributed by atoms with Crippen LogP contribution in [-0.4, -0.2) is 37.3 Å². The molecule has 0 saturated heterocycles. The third-order valence-electron chi connectivity index (χ3n) is 3.67. The molecule has 0 saturated carbocycles. The molecule has 0 radical (unpaired) electrons. The summed E-state index contributed by atoms with van der Waals surface area (Å²) in [6, 6.07) is 9.00. The van der Waals surface area contributed by atoms with Gasteiger partial charge in [0.2, 0.25) is 10.0 Å². The Bertz CT molecular complexity index is 946. The molecule has 0 fully saturated rings. The molecule has 1 aromatic heterocycles. The molecule has 0 spiro atoms. The number of benzene rings is 1. The number of aromatic nitrogens is 1. The first-order valence-corrected chi connectivity index (χ1v) is 8.59. The van der Waals surface area contributed by atoms with Crippen molar-refractivity contribution in [3.05, 3.63) is 58.0 Å². The number of aryl methyl sites for hydroxylation is 1. The Balaban J connectivity index is 2.35. The molecule has 0 aliphatic heterocycles. The third-order valence-corrected chi connectivity index (χ3v) is 5.48. The highest BCUT2D eigenvalue weighted by Gasteiger charge is 2.18. The highest BCUT2D eigenvalue weighted by molar-refractivity contribution is 7.89. The smallest absolute Gasteiger partial charge is 0.263 e. The topological polar surface area (TPSA) is 88.5 Å². The molecule has 0 aliphatic carbocycles. The van der Waals surface area contributed by atoms with Gasteiger partial charge in [0, 0.05) is 32.5 Å². The first kappa shape index (κ1) is 17.9. The van der Waals surface area contributed by atoms with Crippen molar-refractivity contribution in [3.8, 4) is 0 Å². The zero-order valence-electron chi connectivity index (χ0n) is 13.9. The van der Waals surface area contributed by atoms with Crippen molar-refractivity contribution in [2.75, 3.05) is 19.4 Å². The number of nitrogens with zero attached hydrogens (tertiary/aromatic N) is 2. The number of hydrogen-bond donors (Lipinski definition) is 1. The monoisotopic (exact) mass is 349 g/mol. The predicted molar refractivity (Wildman–Crippen MR) is 91.7 cm³/mol. The zero-order chi connectivity index (χ0) is 18.1. The third kappa shape index (κ3) is 3.39. The summed E-state index contributed by atoms with van der Waals surface area (Å²) in [7, 11) is 0.832. The fourth-order valence-corrected chi connectivity index (χ4v) is 2.99. The van der Waals surface area contributed by atoms with E-state index in [0.717, 1.165) is 10.00 Å². The highest BCUT2D eigenvalue weighted by atomic mass is 32.2. The first-order valence-electron chi connectivity index (χ1n) is 7.15. The molecular formula is C16H19N3O4S. The van der Waals surface area contributed by atoms with Crippen molar-refractivity contribution in [1.82, 2.24) is 8.87 Å². The molecule has 128 valence electrons. The van der Waals surface area contributed by atoms with Gasteiger partial charge in [-0.15, -0.1) is 0 Å². The normalized spacial score (nSPS) is 11.5. The maximum Gasteiger partial charge on any atom is 0.263 e. The number of rotatable bonds is 4. The molecule has 1 heterocycles. The molecule has 0 aliphatic rings. The van der Waals surface area contributed by atoms with Gasteiger partial charge in [-0.2, -0.15) is 0 Å². The summed E-state index contributed by atoms with van der Waals surface area (Å²) in [6.45, 7) is 1.76. The Morgan fingerprint density at radius 1 is 1.17 bits per heavy atom. The Morgan fingerprint density at radius 2 is 1.83 bits per heavy atom. The summed E-state index contributed by atoms with van der Waals surface area (Å²) in [4.78, 5) is 24.5. The summed E-state index contributed by atoms with van der Waals surface area (Å²) in [5.74, 6) is -0.588. The SMILES string of the molecule is Cc1ccc(C(=O)Nc2cccc(S(=O)(=O)N(C)C)c2)c(=O)n1C. The van der Waals surface area contributed by atoms with Crippen molar-refractivity contribution < 1.29 is 13.2 Å². The molecule has 2 aromatic rings. The molecule has 2 rings (SSSR count). The Labute approximate surface area is 140 Å². The van der Waals surface area contributed by atoms with E-state index in [2.05, 4.69) is 5.32 Å². The van der Waals surface area contributed by atoms with E-state index in [4.69, 9.17) is 0 Å². The van der Waals surface area contributed by atoms with Crippen molar-refractivity contribution in [2.24, 2.45) is 7.05 Å². The zero-order valence-corrected chi connectivity index (χ0v) is 14.7. The summed E-state index contributed by atoms with van der Waals surface area (Å²) >= 11 is 0. The lowest BCUT2D eigenvalue weighted by molar-refractivity contribution is 0.102. The molecule has 0 unspecified atom stereocenters. The quantitative estimate of drug-likeness (QED) is 0.898. The van der Waals surface area contributed by atoms with Crippen molar-refractivity contribution >= 4 is 21.6 Å². The maximum absolute atomic E-state index is 12.3. The second-order valence-electron chi connectivity index (χ2n) is 5.52. The van der Waals surface area contributed by atoms with Gasteiger partial charge in [-0.25, -0.2) is 12.7 Å². The molecule has 8 heteroatoms. The van der Waals surface area contributed by atoms with Crippen LogP contribution in [0.4, 0.5) is 5.69 Å². The van der Waals surface area contributed by atoms with Crippen LogP contribution in [0, 0.1) is 6.92 Å². The summed E-state index contributed by atoms with van der Waals surface area (Å²) in [5.41, 5.74) is 0.606. The minimum absolute atomic E-state index is 0.0102. The van der Waals surface area contributed by atoms with Crippen molar-refractivity contribution in [2.45, 2.75) is 11.8 Å². The van der Waals surface area contributed by atoms with Crippen LogP contribution in [0.5, 0.6) is 0 Å². The number of anilines is 1. The number of carbonyl (C=O) groups excluding carboxylic acids is 1. The second kappa shape index (κ2) is 6.58. The van der Waals surface area contributed by atoms with Gasteiger partial charge in [0.1, 0.15) is 5.56 Å². The standard InChI is InChI=1S/C16H19N3O4S/c1-11-8-9-14(16(21)19(11)4)15(20)17-12-6-5-7-13(10-12)24(22,23)18(2)3/h5-10H,1-4H3,(H,17,20). The van der Waals surface area contributed by atoms with Crippen LogP contribution in [0.3, 0.4) is 0 Å². The highest BCUT2D eigenvalue weighted by Crippen LogP contribution is 2.18. The van der Waals surface area contributed by atoms with Crippen molar-refractivity contribution in [1.29, 1.82) is 0 Å². The van der Waals surface area contributed by atoms with Gasteiger partial charge in [-0.3, -0.25) is 9.59 Å². The van der Waals surface area contributed by atoms with E-state index in [0.29, 0.717) is 5.69 Å². The summed E-state index contributed by atoms with van der Waals surface area (Å²) < 4.78 is 26.7. The fourth-order valence-electron chi connectivity index (χ4n) is 2.04. The summed E-state index contributed by atoms with van der Waals surface area (Å²) in [5, 5.41) is 2.56. The maximum atomic E-state index is 12.3. The van der Waals surface area contributed by atoms with E-state index in [1.807, 2.05) is 0 Å². The van der Waals surface area contributed by atoms with E-state index in [-0.39, 0.29) is 10.5 Å². The van der Waals surface area contributed by atoms with E-state index >= 15 is 0 Å². The molecule has 1 aromatic carbocycles. The largest absolute Gasteiger partial charge is 0.322 e. The molecule has 0 bridgehead atoms. The van der Waals surface area contributed by atoms with Gasteiger partial charge in [-0.1, -0.05) is 6.07 Å². The average molecular weight is 349 g/mol. The lowest BCUT2D eigenvalue weighted by Gasteiger charge is -2.13. The van der Waals surface area contributed by atoms with Gasteiger partial charge in [0.15, 0.2) is 0 Å². The minimum Gasteiger partial charge on any atom is -0.322 e. The van der Waals surface area contributed by atoms with Crippen LogP contribution >= 0.6 is 0 Å². The minimum atomic E-state index is -3.60. The Hall–Kier alpha value is -2.45. The van der Waals surface area contributed by atoms with Crippen LogP contribution in [0.25, 0.3) is 0 Å². The number of sulfonamides is 1. The number of nitrogens with one attached hydrogen (secondary N) is 1. The predicted octanol–water partition coefficient (Wildman–Crippen LogP) is 1.20. The first-order chi connectivity index (χ1) is 11.1. The van der Waals surface area contributed by atoms with E-state index in [1.54, 1.807) is 26.1 Å². The number of pyridine rings is 1. The fraction of sp³-hybridized carbons (Fsp3) is 0.250. The number of hydrogen-bond acceptors (Lipinski definition) is 4. The Morgan fingerprint density at radius 3 is 2.46 bits per heavy atom. The van der Waals surface area contributed by atoms with E-state index < -0.39 is 21.5 Å². The second-order valence-corrected chi connectivity index (χ2v) is 7.67. The molecule has 1 amide bonds. The molecule has 0 atom stereocenters. The van der Waals surface area contributed by atoms with Gasteiger partial charge in [0.25, 0.3) is 11.5 Å². The van der Waals surface area contributed by atoms with Gasteiger partial charge in [-0.05, 0) is 37.3 Å². The molecule has 24 heavy (non-hydrogen) atoms. The lowest BCUT2D eigenvalue weighted by atomic mass is 10.2. The molecule has 1 N–H and O–H groups in total. The van der Waals surface area contributed by atoms with Crippen molar-refractivity contribution in [3.63, 3.8) is 0 Å². The lowest BCUT2D eigenvalue weighted by Crippen LogP contribution is -2.28. The van der Waals surface area contributed by atoms with Crippen LogP contribution < -0.4 is 10.9 Å². The molecular weight excluding hydrogens is 330 g/mol. The molecule has 7 nitrogen and oxygen atoms in total. The van der Waals surface area contributed by atoms with Crippen LogP contribution in [0.2, 0.25) is 0 Å². The number of amides is 1. The van der Waals surface area contributed by atoms with Gasteiger partial charge >= 0.3 is 0 Å². The van der Waals surface area contributed by atoms with Crippen LogP contribution in [-0.2, 0) is 17.1 Å². The van der Waals surface area contributed by atoms with Crippen LogP contribution in [0.15, 0.2) is 46.1 Å². The Kier molecular flexibility index (Phi) is 4.91. The van der Waals surface area contributed by atoms with Crippen LogP contribution in [0.1, 0.15) is 16.1 Å². The average Bonchev–Trinajstić information content (AvgIpc) is 2.52. The number of carbonyl (C=O) groups is 1. The summed E-state index contributed by atoms with van der Waals surface area (Å²) in [6.07, 6.45) is 0. The van der Waals surface area contributed by atoms with Gasteiger partial charge in [0.05, 0.1) is 4.90 Å². The van der Waals surface area contributed by atoms with Gasteiger partial charge < -0.3 is 9.88 Å². The van der Waals surface area contributed by atoms with E-state index in [9.17, 15) is 18.0 Å². The van der Waals surface area contributed by atoms with E-state index in [1.165, 1.54) is 42.9 Å².